The van der Waals surface area contributed by atoms with Crippen molar-refractivity contribution in [3.63, 3.8) is 0 Å². The summed E-state index contributed by atoms with van der Waals surface area (Å²) in [4.78, 5) is 53.3. The zero-order valence-electron chi connectivity index (χ0n) is 32.6. The van der Waals surface area contributed by atoms with Crippen LogP contribution >= 0.6 is 0 Å². The van der Waals surface area contributed by atoms with Gasteiger partial charge in [-0.2, -0.15) is 0 Å². The summed E-state index contributed by atoms with van der Waals surface area (Å²) in [6.07, 6.45) is 12.3. The average Bonchev–Trinajstić information content (AvgIpc) is 2.98. The number of allylic oxidation sites excluding steroid dienone is 7. The summed E-state index contributed by atoms with van der Waals surface area (Å²) in [5, 5.41) is 13.5. The van der Waals surface area contributed by atoms with E-state index in [9.17, 15) is 24.3 Å². The lowest BCUT2D eigenvalue weighted by Crippen LogP contribution is -2.63. The molecule has 0 aromatic heterocycles. The van der Waals surface area contributed by atoms with Crippen LogP contribution in [0.4, 0.5) is 0 Å². The molecule has 5 aliphatic carbocycles. The number of aliphatic hydroxyl groups is 1. The Labute approximate surface area is 299 Å². The van der Waals surface area contributed by atoms with E-state index in [1.165, 1.54) is 5.57 Å². The average molecular weight is 692 g/mol. The van der Waals surface area contributed by atoms with Crippen LogP contribution in [-0.2, 0) is 28.7 Å². The zero-order chi connectivity index (χ0) is 37.5. The zero-order valence-corrected chi connectivity index (χ0v) is 32.6. The number of amides is 1. The molecule has 3 saturated carbocycles. The van der Waals surface area contributed by atoms with Gasteiger partial charge in [-0.15, -0.1) is 0 Å². The number of rotatable bonds is 6. The summed E-state index contributed by atoms with van der Waals surface area (Å²) in [6.45, 7) is 24.2. The number of aliphatic hydroxyl groups excluding tert-OH is 1. The first kappa shape index (κ1) is 38.1. The first-order chi connectivity index (χ1) is 22.8. The molecule has 3 fully saturated rings. The summed E-state index contributed by atoms with van der Waals surface area (Å²) >= 11 is 0. The Balaban J connectivity index is 1.43. The predicted octanol–water partition coefficient (Wildman–Crippen LogP) is 8.56. The SMILES string of the molecule is CC1=C(O)C(=O)C=C2C1=CC=C1[C@@]2(C)CC[C@@]2(C)[C@@H]3C[C@](C)(C(=O)NC(CCC(=O)OC(C)(C)C)C(=O)OC(C)(C)C)CC[C@]3(C)CC[C@]12C. The number of fused-ring (bicyclic) bond motifs is 7. The van der Waals surface area contributed by atoms with Crippen molar-refractivity contribution >= 4 is 23.6 Å². The summed E-state index contributed by atoms with van der Waals surface area (Å²) in [7, 11) is 0. The van der Waals surface area contributed by atoms with Crippen LogP contribution in [0.15, 0.2) is 46.3 Å². The number of hydrogen-bond acceptors (Lipinski definition) is 7. The Morgan fingerprint density at radius 3 is 2.14 bits per heavy atom. The van der Waals surface area contributed by atoms with Crippen molar-refractivity contribution in [3.05, 3.63) is 46.3 Å². The van der Waals surface area contributed by atoms with E-state index < -0.39 is 34.6 Å². The van der Waals surface area contributed by atoms with Gasteiger partial charge in [-0.3, -0.25) is 14.4 Å². The molecule has 0 saturated heterocycles. The van der Waals surface area contributed by atoms with Gasteiger partial charge in [0.05, 0.1) is 0 Å². The molecule has 7 atom stereocenters. The van der Waals surface area contributed by atoms with E-state index in [2.05, 4.69) is 45.2 Å². The number of carbonyl (C=O) groups is 4. The predicted molar refractivity (Wildman–Crippen MR) is 194 cm³/mol. The summed E-state index contributed by atoms with van der Waals surface area (Å²) in [5.74, 6) is -1.39. The second kappa shape index (κ2) is 12.2. The van der Waals surface area contributed by atoms with Crippen molar-refractivity contribution in [2.24, 2.45) is 33.0 Å². The van der Waals surface area contributed by atoms with E-state index in [1.54, 1.807) is 47.6 Å². The van der Waals surface area contributed by atoms with Gasteiger partial charge in [0.15, 0.2) is 5.76 Å². The van der Waals surface area contributed by atoms with Gasteiger partial charge < -0.3 is 19.9 Å². The smallest absolute Gasteiger partial charge is 0.329 e. The van der Waals surface area contributed by atoms with E-state index in [0.29, 0.717) is 18.4 Å². The number of nitrogens with one attached hydrogen (secondary N) is 1. The van der Waals surface area contributed by atoms with Crippen molar-refractivity contribution in [2.75, 3.05) is 0 Å². The highest BCUT2D eigenvalue weighted by molar-refractivity contribution is 6.06. The minimum atomic E-state index is -0.973. The Kier molecular flexibility index (Phi) is 9.31. The van der Waals surface area contributed by atoms with Gasteiger partial charge in [-0.05, 0) is 139 Å². The number of hydrogen-bond donors (Lipinski definition) is 2. The lowest BCUT2D eigenvalue weighted by atomic mass is 9.34. The van der Waals surface area contributed by atoms with Gasteiger partial charge in [0, 0.05) is 22.8 Å². The molecular weight excluding hydrogens is 630 g/mol. The highest BCUT2D eigenvalue weighted by atomic mass is 16.6. The van der Waals surface area contributed by atoms with Crippen LogP contribution in [0.25, 0.3) is 0 Å². The third-order valence-corrected chi connectivity index (χ3v) is 13.5. The first-order valence-corrected chi connectivity index (χ1v) is 18.6. The van der Waals surface area contributed by atoms with Crippen molar-refractivity contribution in [2.45, 2.75) is 158 Å². The molecule has 8 heteroatoms. The molecule has 0 bridgehead atoms. The lowest BCUT2D eigenvalue weighted by Gasteiger charge is -2.70. The lowest BCUT2D eigenvalue weighted by molar-refractivity contribution is -0.172. The maximum atomic E-state index is 14.4. The molecule has 1 amide bonds. The summed E-state index contributed by atoms with van der Waals surface area (Å²) < 4.78 is 11.2. The van der Waals surface area contributed by atoms with Crippen LogP contribution in [0.2, 0.25) is 0 Å². The highest BCUT2D eigenvalue weighted by Crippen LogP contribution is 2.75. The quantitative estimate of drug-likeness (QED) is 0.268. The molecule has 8 nitrogen and oxygen atoms in total. The van der Waals surface area contributed by atoms with E-state index in [4.69, 9.17) is 9.47 Å². The van der Waals surface area contributed by atoms with Gasteiger partial charge in [-0.25, -0.2) is 4.79 Å². The number of ketones is 1. The monoisotopic (exact) mass is 691 g/mol. The van der Waals surface area contributed by atoms with E-state index in [0.717, 1.165) is 43.3 Å². The second-order valence-electron chi connectivity index (χ2n) is 19.3. The van der Waals surface area contributed by atoms with Gasteiger partial charge in [0.2, 0.25) is 11.7 Å². The molecule has 1 unspecified atom stereocenters. The van der Waals surface area contributed by atoms with Crippen molar-refractivity contribution in [3.8, 4) is 0 Å². The Morgan fingerprint density at radius 2 is 1.52 bits per heavy atom. The third kappa shape index (κ3) is 6.42. The standard InChI is InChI=1S/C42H61NO7/c1-25-26-13-15-30-40(10,27(26)23-29(44)33(25)46)20-22-42(12)31-24-39(9,18-17-38(31,8)19-21-41(30,42)11)35(48)43-28(34(47)50-37(5,6)7)14-16-32(45)49-36(2,3)4/h13,15,23,28,31,46H,14,16-22,24H2,1-12H3,(H,43,48)/t28?,31-,38-,39-,40+,41-,42+/m1/s1. The van der Waals surface area contributed by atoms with E-state index in [1.807, 2.05) is 13.8 Å². The molecule has 0 aromatic carbocycles. The molecule has 0 aromatic rings. The molecule has 50 heavy (non-hydrogen) atoms. The van der Waals surface area contributed by atoms with Crippen LogP contribution in [0.5, 0.6) is 0 Å². The minimum Gasteiger partial charge on any atom is -0.504 e. The Morgan fingerprint density at radius 1 is 0.900 bits per heavy atom. The van der Waals surface area contributed by atoms with E-state index >= 15 is 0 Å². The highest BCUT2D eigenvalue weighted by Gasteiger charge is 2.67. The molecule has 0 heterocycles. The second-order valence-corrected chi connectivity index (χ2v) is 19.3. The molecule has 2 N–H and O–H groups in total. The van der Waals surface area contributed by atoms with Crippen LogP contribution in [-0.4, -0.2) is 46.0 Å². The molecule has 5 rings (SSSR count). The minimum absolute atomic E-state index is 0.0176. The third-order valence-electron chi connectivity index (χ3n) is 13.5. The largest absolute Gasteiger partial charge is 0.504 e. The fourth-order valence-corrected chi connectivity index (χ4v) is 10.3. The molecule has 0 spiro atoms. The van der Waals surface area contributed by atoms with Crippen LogP contribution in [0, 0.1) is 33.0 Å². The van der Waals surface area contributed by atoms with Gasteiger partial charge in [-0.1, -0.05) is 52.3 Å². The number of ether oxygens (including phenoxy) is 2. The van der Waals surface area contributed by atoms with Gasteiger partial charge >= 0.3 is 11.9 Å². The van der Waals surface area contributed by atoms with Crippen molar-refractivity contribution in [1.82, 2.24) is 5.32 Å². The van der Waals surface area contributed by atoms with Crippen molar-refractivity contribution < 1.29 is 33.8 Å². The first-order valence-electron chi connectivity index (χ1n) is 18.6. The molecule has 5 aliphatic rings. The normalized spacial score (nSPS) is 36.0. The molecule has 276 valence electrons. The van der Waals surface area contributed by atoms with Crippen LogP contribution < -0.4 is 5.32 Å². The molecule has 0 radical (unpaired) electrons. The Bertz CT molecular complexity index is 1620. The topological polar surface area (TPSA) is 119 Å². The van der Waals surface area contributed by atoms with Gasteiger partial charge in [0.25, 0.3) is 0 Å². The number of esters is 2. The number of carbonyl (C=O) groups excluding carboxylic acids is 4. The van der Waals surface area contributed by atoms with Gasteiger partial charge in [0.1, 0.15) is 17.2 Å². The maximum Gasteiger partial charge on any atom is 0.329 e. The summed E-state index contributed by atoms with van der Waals surface area (Å²) in [5.41, 5.74) is 1.28. The van der Waals surface area contributed by atoms with E-state index in [-0.39, 0.29) is 57.9 Å². The molecule has 0 aliphatic heterocycles. The maximum absolute atomic E-state index is 14.4. The van der Waals surface area contributed by atoms with Crippen LogP contribution in [0.3, 0.4) is 0 Å². The Hall–Kier alpha value is -3.16. The van der Waals surface area contributed by atoms with Crippen molar-refractivity contribution in [1.29, 1.82) is 0 Å². The fourth-order valence-electron chi connectivity index (χ4n) is 10.3. The fraction of sp³-hybridized carbons (Fsp3) is 0.714. The molecular formula is C42H61NO7. The summed E-state index contributed by atoms with van der Waals surface area (Å²) in [6, 6.07) is -0.973. The van der Waals surface area contributed by atoms with Crippen LogP contribution in [0.1, 0.15) is 141 Å².